The van der Waals surface area contributed by atoms with Crippen molar-refractivity contribution in [2.75, 3.05) is 13.1 Å². The van der Waals surface area contributed by atoms with Crippen molar-refractivity contribution in [2.24, 2.45) is 11.7 Å². The number of carbonyl (C=O) groups is 2. The fourth-order valence-electron chi connectivity index (χ4n) is 2.84. The summed E-state index contributed by atoms with van der Waals surface area (Å²) in [6.07, 6.45) is 1.74. The summed E-state index contributed by atoms with van der Waals surface area (Å²) in [6.45, 7) is 1.53. The van der Waals surface area contributed by atoms with E-state index < -0.39 is 5.91 Å². The maximum Gasteiger partial charge on any atom is 0.315 e. The molecule has 3 N–H and O–H groups in total. The Morgan fingerprint density at radius 3 is 2.73 bits per heavy atom. The van der Waals surface area contributed by atoms with E-state index in [1.165, 1.54) is 0 Å². The summed E-state index contributed by atoms with van der Waals surface area (Å²) in [6, 6.07) is 10.9. The van der Waals surface area contributed by atoms with Crippen LogP contribution in [-0.2, 0) is 4.79 Å². The zero-order valence-electron chi connectivity index (χ0n) is 12.2. The van der Waals surface area contributed by atoms with Gasteiger partial charge in [0.25, 0.3) is 5.91 Å². The van der Waals surface area contributed by atoms with Crippen LogP contribution in [0.5, 0.6) is 5.75 Å². The number of carbonyl (C=O) groups excluding carboxylic acids is 2. The third kappa shape index (κ3) is 2.80. The first kappa shape index (κ1) is 14.5. The number of primary amides is 1. The van der Waals surface area contributed by atoms with Crippen LogP contribution in [0.2, 0.25) is 0 Å². The second-order valence-corrected chi connectivity index (χ2v) is 5.49. The van der Waals surface area contributed by atoms with Gasteiger partial charge < -0.3 is 15.8 Å². The highest BCUT2D eigenvalue weighted by atomic mass is 16.5. The molecule has 1 aliphatic heterocycles. The van der Waals surface area contributed by atoms with Gasteiger partial charge in [-0.15, -0.1) is 0 Å². The fourth-order valence-corrected chi connectivity index (χ4v) is 2.84. The van der Waals surface area contributed by atoms with E-state index in [2.05, 4.69) is 5.32 Å². The molecule has 22 heavy (non-hydrogen) atoms. The molecule has 0 aromatic heterocycles. The van der Waals surface area contributed by atoms with Crippen molar-refractivity contribution in [1.29, 1.82) is 0 Å². The molecule has 1 fully saturated rings. The van der Waals surface area contributed by atoms with Crippen molar-refractivity contribution in [1.82, 2.24) is 5.32 Å². The largest absolute Gasteiger partial charge is 0.425 e. The van der Waals surface area contributed by atoms with E-state index in [1.807, 2.05) is 24.3 Å². The van der Waals surface area contributed by atoms with E-state index in [4.69, 9.17) is 10.5 Å². The molecular formula is C17H18N2O3. The maximum absolute atomic E-state index is 12.3. The van der Waals surface area contributed by atoms with Gasteiger partial charge in [0.1, 0.15) is 5.75 Å². The molecular weight excluding hydrogens is 280 g/mol. The first-order chi connectivity index (χ1) is 10.7. The molecule has 0 radical (unpaired) electrons. The third-order valence-electron chi connectivity index (χ3n) is 3.98. The maximum atomic E-state index is 12.3. The highest BCUT2D eigenvalue weighted by Crippen LogP contribution is 2.28. The average Bonchev–Trinajstić information content (AvgIpc) is 2.55. The molecule has 5 heteroatoms. The molecule has 1 unspecified atom stereocenters. The molecule has 0 aliphatic carbocycles. The van der Waals surface area contributed by atoms with Gasteiger partial charge in [-0.1, -0.05) is 30.3 Å². The smallest absolute Gasteiger partial charge is 0.315 e. The molecule has 1 atom stereocenters. The standard InChI is InChI=1S/C17H18N2O3/c18-16(20)15-13-6-2-1-4-11(13)7-8-14(15)22-17(21)12-5-3-9-19-10-12/h1-2,4,6-8,12,19H,3,5,9-10H2,(H2,18,20). The second-order valence-electron chi connectivity index (χ2n) is 5.49. The van der Waals surface area contributed by atoms with Crippen molar-refractivity contribution in [2.45, 2.75) is 12.8 Å². The van der Waals surface area contributed by atoms with Gasteiger partial charge in [-0.25, -0.2) is 0 Å². The zero-order valence-corrected chi connectivity index (χ0v) is 12.2. The predicted octanol–water partition coefficient (Wildman–Crippen LogP) is 1.84. The lowest BCUT2D eigenvalue weighted by Gasteiger charge is -2.21. The molecule has 0 bridgehead atoms. The van der Waals surface area contributed by atoms with Gasteiger partial charge in [-0.3, -0.25) is 9.59 Å². The summed E-state index contributed by atoms with van der Waals surface area (Å²) in [4.78, 5) is 24.1. The van der Waals surface area contributed by atoms with Crippen LogP contribution in [0.25, 0.3) is 10.8 Å². The van der Waals surface area contributed by atoms with Crippen LogP contribution in [0.1, 0.15) is 23.2 Å². The van der Waals surface area contributed by atoms with Gasteiger partial charge in [-0.2, -0.15) is 0 Å². The number of nitrogens with two attached hydrogens (primary N) is 1. The number of esters is 1. The molecule has 5 nitrogen and oxygen atoms in total. The number of nitrogens with one attached hydrogen (secondary N) is 1. The van der Waals surface area contributed by atoms with Gasteiger partial charge in [0, 0.05) is 6.54 Å². The Morgan fingerprint density at radius 1 is 1.18 bits per heavy atom. The van der Waals surface area contributed by atoms with Crippen LogP contribution >= 0.6 is 0 Å². The van der Waals surface area contributed by atoms with E-state index in [0.29, 0.717) is 11.9 Å². The predicted molar refractivity (Wildman–Crippen MR) is 83.7 cm³/mol. The first-order valence-corrected chi connectivity index (χ1v) is 7.41. The van der Waals surface area contributed by atoms with Crippen LogP contribution in [0.3, 0.4) is 0 Å². The number of benzene rings is 2. The first-order valence-electron chi connectivity index (χ1n) is 7.41. The summed E-state index contributed by atoms with van der Waals surface area (Å²) in [5, 5.41) is 4.76. The normalized spacial score (nSPS) is 18.1. The van der Waals surface area contributed by atoms with Crippen LogP contribution in [0, 0.1) is 5.92 Å². The Hall–Kier alpha value is -2.40. The zero-order chi connectivity index (χ0) is 15.5. The Bertz CT molecular complexity index is 721. The number of rotatable bonds is 3. The molecule has 1 amide bonds. The molecule has 2 aromatic carbocycles. The van der Waals surface area contributed by atoms with Crippen LogP contribution < -0.4 is 15.8 Å². The fraction of sp³-hybridized carbons (Fsp3) is 0.294. The van der Waals surface area contributed by atoms with E-state index in [1.54, 1.807) is 12.1 Å². The second kappa shape index (κ2) is 6.15. The average molecular weight is 298 g/mol. The summed E-state index contributed by atoms with van der Waals surface area (Å²) < 4.78 is 5.47. The Morgan fingerprint density at radius 2 is 2.00 bits per heavy atom. The molecule has 1 saturated heterocycles. The van der Waals surface area contributed by atoms with Crippen molar-refractivity contribution in [3.05, 3.63) is 42.0 Å². The SMILES string of the molecule is NC(=O)c1c(OC(=O)C2CCCNC2)ccc2ccccc12. The van der Waals surface area contributed by atoms with E-state index >= 15 is 0 Å². The van der Waals surface area contributed by atoms with Crippen molar-refractivity contribution in [3.8, 4) is 5.75 Å². The summed E-state index contributed by atoms with van der Waals surface area (Å²) in [7, 11) is 0. The van der Waals surface area contributed by atoms with Crippen molar-refractivity contribution >= 4 is 22.6 Å². The minimum atomic E-state index is -0.596. The molecule has 114 valence electrons. The number of piperidine rings is 1. The highest BCUT2D eigenvalue weighted by molar-refractivity contribution is 6.09. The van der Waals surface area contributed by atoms with Gasteiger partial charge >= 0.3 is 5.97 Å². The number of hydrogen-bond acceptors (Lipinski definition) is 4. The van der Waals surface area contributed by atoms with Gasteiger partial charge in [0.2, 0.25) is 0 Å². The van der Waals surface area contributed by atoms with Crippen LogP contribution in [0.15, 0.2) is 36.4 Å². The van der Waals surface area contributed by atoms with Crippen LogP contribution in [0.4, 0.5) is 0 Å². The monoisotopic (exact) mass is 298 g/mol. The summed E-state index contributed by atoms with van der Waals surface area (Å²) in [5.41, 5.74) is 5.75. The summed E-state index contributed by atoms with van der Waals surface area (Å²) >= 11 is 0. The van der Waals surface area contributed by atoms with Crippen molar-refractivity contribution < 1.29 is 14.3 Å². The van der Waals surface area contributed by atoms with Gasteiger partial charge in [0.05, 0.1) is 11.5 Å². The number of hydrogen-bond donors (Lipinski definition) is 2. The quantitative estimate of drug-likeness (QED) is 0.669. The highest BCUT2D eigenvalue weighted by Gasteiger charge is 2.25. The Balaban J connectivity index is 1.94. The molecule has 0 spiro atoms. The molecule has 3 rings (SSSR count). The Kier molecular flexibility index (Phi) is 4.06. The topological polar surface area (TPSA) is 81.4 Å². The lowest BCUT2D eigenvalue weighted by atomic mass is 9.99. The van der Waals surface area contributed by atoms with Crippen molar-refractivity contribution in [3.63, 3.8) is 0 Å². The van der Waals surface area contributed by atoms with Gasteiger partial charge in [0.15, 0.2) is 0 Å². The van der Waals surface area contributed by atoms with Crippen LogP contribution in [-0.4, -0.2) is 25.0 Å². The minimum absolute atomic E-state index is 0.180. The third-order valence-corrected chi connectivity index (χ3v) is 3.98. The minimum Gasteiger partial charge on any atom is -0.425 e. The molecule has 1 aliphatic rings. The lowest BCUT2D eigenvalue weighted by molar-refractivity contribution is -0.139. The Labute approximate surface area is 128 Å². The molecule has 2 aromatic rings. The summed E-state index contributed by atoms with van der Waals surface area (Å²) in [5.74, 6) is -0.853. The molecule has 0 saturated carbocycles. The van der Waals surface area contributed by atoms with E-state index in [-0.39, 0.29) is 23.2 Å². The number of amides is 1. The van der Waals surface area contributed by atoms with E-state index in [0.717, 1.165) is 24.8 Å². The van der Waals surface area contributed by atoms with Gasteiger partial charge in [-0.05, 0) is 36.2 Å². The lowest BCUT2D eigenvalue weighted by Crippen LogP contribution is -2.36. The van der Waals surface area contributed by atoms with E-state index in [9.17, 15) is 9.59 Å². The number of ether oxygens (including phenoxy) is 1. The molecule has 1 heterocycles. The number of fused-ring (bicyclic) bond motifs is 1.